The third-order valence-electron chi connectivity index (χ3n) is 0.372. The first-order valence-electron chi connectivity index (χ1n) is 1.93. The van der Waals surface area contributed by atoms with Gasteiger partial charge in [-0.1, -0.05) is 0 Å². The predicted molar refractivity (Wildman–Crippen MR) is 30.5 cm³/mol. The van der Waals surface area contributed by atoms with Crippen LogP contribution in [0.4, 0.5) is 0 Å². The quantitative estimate of drug-likeness (QED) is 0.306. The van der Waals surface area contributed by atoms with Crippen LogP contribution in [0, 0.1) is 0 Å². The molecule has 0 amide bonds. The van der Waals surface area contributed by atoms with Gasteiger partial charge < -0.3 is 18.4 Å². The van der Waals surface area contributed by atoms with E-state index in [1.165, 1.54) is 0 Å². The van der Waals surface area contributed by atoms with Crippen molar-refractivity contribution in [2.45, 2.75) is 19.4 Å². The summed E-state index contributed by atoms with van der Waals surface area (Å²) in [5.74, 6) is 0.632. The molecule has 0 unspecified atom stereocenters. The molecule has 0 fully saturated rings. The van der Waals surface area contributed by atoms with E-state index in [1.807, 2.05) is 13.8 Å². The van der Waals surface area contributed by atoms with Crippen LogP contribution in [-0.2, 0) is 12.6 Å². The molecular weight excluding hydrogens is 117 g/mol. The Morgan fingerprint density at radius 3 is 1.71 bits per heavy atom. The minimum absolute atomic E-state index is 0. The molecule has 7 heavy (non-hydrogen) atoms. The van der Waals surface area contributed by atoms with Crippen molar-refractivity contribution in [1.29, 1.82) is 0 Å². The summed E-state index contributed by atoms with van der Waals surface area (Å²) in [5.41, 5.74) is 5.29. The molecule has 0 radical (unpaired) electrons. The molecule has 0 spiro atoms. The van der Waals surface area contributed by atoms with E-state index in [2.05, 4.69) is 12.6 Å². The average Bonchev–Trinajstić information content (AvgIpc) is 1.35. The molecule has 0 aliphatic heterocycles. The van der Waals surface area contributed by atoms with Gasteiger partial charge in [-0.05, 0) is 19.4 Å². The molecule has 0 rings (SSSR count). The molecule has 3 heteroatoms. The number of rotatable bonds is 1. The van der Waals surface area contributed by atoms with E-state index in [-0.39, 0.29) is 35.1 Å². The summed E-state index contributed by atoms with van der Waals surface area (Å²) >= 11 is 4.66. The fraction of sp³-hybridized carbons (Fsp3) is 1.00. The molecule has 2 N–H and O–H groups in total. The molecule has 38 valence electrons. The van der Waals surface area contributed by atoms with Crippen molar-refractivity contribution in [3.05, 3.63) is 0 Å². The van der Waals surface area contributed by atoms with Crippen LogP contribution in [0.5, 0.6) is 0 Å². The normalized spacial score (nSPS) is 10.3. The Kier molecular flexibility index (Phi) is 6.72. The third kappa shape index (κ3) is 11.1. The average molecular weight is 127 g/mol. The molecular formula is C4H10NNaS. The second kappa shape index (κ2) is 4.21. The maximum absolute atomic E-state index is 5.43. The van der Waals surface area contributed by atoms with Gasteiger partial charge >= 0.3 is 29.6 Å². The Morgan fingerprint density at radius 2 is 1.71 bits per heavy atom. The Hall–Kier alpha value is 1.31. The third-order valence-corrected chi connectivity index (χ3v) is 1.12. The van der Waals surface area contributed by atoms with Crippen molar-refractivity contribution in [2.75, 3.05) is 5.75 Å². The maximum Gasteiger partial charge on any atom is 1.00 e. The van der Waals surface area contributed by atoms with Crippen molar-refractivity contribution in [2.24, 2.45) is 5.73 Å². The van der Waals surface area contributed by atoms with E-state index in [9.17, 15) is 0 Å². The Labute approximate surface area is 72.7 Å². The van der Waals surface area contributed by atoms with Crippen molar-refractivity contribution in [3.8, 4) is 0 Å². The summed E-state index contributed by atoms with van der Waals surface area (Å²) in [7, 11) is 0. The van der Waals surface area contributed by atoms with Crippen LogP contribution in [0.25, 0.3) is 0 Å². The predicted octanol–water partition coefficient (Wildman–Crippen LogP) is -2.73. The summed E-state index contributed by atoms with van der Waals surface area (Å²) in [6.07, 6.45) is 0. The second-order valence-corrected chi connectivity index (χ2v) is 2.42. The van der Waals surface area contributed by atoms with Crippen LogP contribution in [-0.4, -0.2) is 11.3 Å². The first kappa shape index (κ1) is 11.2. The Bertz CT molecular complexity index is 41.4. The molecule has 0 aliphatic carbocycles. The zero-order valence-electron chi connectivity index (χ0n) is 5.19. The minimum atomic E-state index is -0.144. The summed E-state index contributed by atoms with van der Waals surface area (Å²) in [5, 5.41) is 0. The molecule has 0 aliphatic rings. The Morgan fingerprint density at radius 1 is 1.57 bits per heavy atom. The SMILES string of the molecule is CC(C)(N)C[S-].[Na+]. The van der Waals surface area contributed by atoms with Gasteiger partial charge in [0, 0.05) is 0 Å². The molecule has 0 atom stereocenters. The topological polar surface area (TPSA) is 26.0 Å². The molecule has 1 nitrogen and oxygen atoms in total. The fourth-order valence-corrected chi connectivity index (χ4v) is 0. The van der Waals surface area contributed by atoms with Crippen LogP contribution >= 0.6 is 0 Å². The Balaban J connectivity index is 0. The van der Waals surface area contributed by atoms with E-state index in [0.29, 0.717) is 5.75 Å². The minimum Gasteiger partial charge on any atom is -0.791 e. The van der Waals surface area contributed by atoms with Gasteiger partial charge in [-0.25, -0.2) is 0 Å². The molecule has 0 aromatic carbocycles. The zero-order chi connectivity index (χ0) is 5.21. The van der Waals surface area contributed by atoms with Gasteiger partial charge in [-0.15, -0.1) is 0 Å². The monoisotopic (exact) mass is 127 g/mol. The smallest absolute Gasteiger partial charge is 0.791 e. The van der Waals surface area contributed by atoms with E-state index in [4.69, 9.17) is 5.73 Å². The largest absolute Gasteiger partial charge is 1.00 e. The van der Waals surface area contributed by atoms with Crippen molar-refractivity contribution >= 4 is 12.6 Å². The van der Waals surface area contributed by atoms with Gasteiger partial charge in [0.25, 0.3) is 0 Å². The van der Waals surface area contributed by atoms with Gasteiger partial charge in [-0.3, -0.25) is 0 Å². The molecule has 0 saturated carbocycles. The number of hydrogen-bond acceptors (Lipinski definition) is 2. The van der Waals surface area contributed by atoms with Gasteiger partial charge in [0.2, 0.25) is 0 Å². The van der Waals surface area contributed by atoms with Gasteiger partial charge in [-0.2, -0.15) is 5.75 Å². The van der Waals surface area contributed by atoms with Crippen LogP contribution in [0.2, 0.25) is 0 Å². The molecule has 0 aromatic heterocycles. The van der Waals surface area contributed by atoms with Crippen LogP contribution in [0.3, 0.4) is 0 Å². The van der Waals surface area contributed by atoms with Crippen molar-refractivity contribution in [1.82, 2.24) is 0 Å². The molecule has 0 saturated heterocycles. The summed E-state index contributed by atoms with van der Waals surface area (Å²) < 4.78 is 0. The van der Waals surface area contributed by atoms with Gasteiger partial charge in [0.1, 0.15) is 0 Å². The first-order valence-corrected chi connectivity index (χ1v) is 2.51. The second-order valence-electron chi connectivity index (χ2n) is 2.13. The van der Waals surface area contributed by atoms with Crippen LogP contribution in [0.1, 0.15) is 13.8 Å². The standard InChI is InChI=1S/C4H11NS.Na/c1-4(2,5)3-6;/h6H,3,5H2,1-2H3;/q;+1/p-1. The van der Waals surface area contributed by atoms with Crippen molar-refractivity contribution < 1.29 is 29.6 Å². The summed E-state index contributed by atoms with van der Waals surface area (Å²) in [6.45, 7) is 3.83. The van der Waals surface area contributed by atoms with E-state index in [0.717, 1.165) is 0 Å². The number of hydrogen-bond donors (Lipinski definition) is 1. The van der Waals surface area contributed by atoms with Crippen molar-refractivity contribution in [3.63, 3.8) is 0 Å². The molecule has 0 heterocycles. The maximum atomic E-state index is 5.43. The number of nitrogens with two attached hydrogens (primary N) is 1. The fourth-order valence-electron chi connectivity index (χ4n) is 0. The van der Waals surface area contributed by atoms with E-state index in [1.54, 1.807) is 0 Å². The first-order chi connectivity index (χ1) is 2.56. The zero-order valence-corrected chi connectivity index (χ0v) is 8.01. The van der Waals surface area contributed by atoms with Crippen LogP contribution < -0.4 is 35.3 Å². The van der Waals surface area contributed by atoms with E-state index < -0.39 is 0 Å². The van der Waals surface area contributed by atoms with Gasteiger partial charge in [0.05, 0.1) is 0 Å². The molecule has 0 bridgehead atoms. The van der Waals surface area contributed by atoms with E-state index >= 15 is 0 Å². The molecule has 0 aromatic rings. The summed E-state index contributed by atoms with van der Waals surface area (Å²) in [6, 6.07) is 0. The van der Waals surface area contributed by atoms with Crippen LogP contribution in [0.15, 0.2) is 0 Å². The van der Waals surface area contributed by atoms with Gasteiger partial charge in [0.15, 0.2) is 0 Å². The summed E-state index contributed by atoms with van der Waals surface area (Å²) in [4.78, 5) is 0.